The van der Waals surface area contributed by atoms with Crippen molar-refractivity contribution in [3.63, 3.8) is 0 Å². The van der Waals surface area contributed by atoms with E-state index in [9.17, 15) is 18.0 Å². The number of hydrogen-bond acceptors (Lipinski definition) is 5. The van der Waals surface area contributed by atoms with Gasteiger partial charge in [-0.2, -0.15) is 0 Å². The number of aryl methyl sites for hydroxylation is 1. The van der Waals surface area contributed by atoms with Gasteiger partial charge in [-0.05, 0) is 61.4 Å². The van der Waals surface area contributed by atoms with Crippen molar-refractivity contribution in [1.82, 2.24) is 10.6 Å². The van der Waals surface area contributed by atoms with E-state index in [1.165, 1.54) is 31.4 Å². The van der Waals surface area contributed by atoms with Gasteiger partial charge in [0.1, 0.15) is 6.54 Å². The van der Waals surface area contributed by atoms with Crippen molar-refractivity contribution >= 4 is 44.9 Å². The number of urea groups is 1. The number of carbonyl (C=O) groups is 2. The third kappa shape index (κ3) is 7.70. The molecule has 0 bridgehead atoms. The fraction of sp³-hybridized carbons (Fsp3) is 0.259. The number of carbonyl (C=O) groups excluding carboxylic acids is 2. The van der Waals surface area contributed by atoms with Gasteiger partial charge >= 0.3 is 6.03 Å². The number of methoxy groups -OCH3 is 1. The van der Waals surface area contributed by atoms with Gasteiger partial charge in [-0.3, -0.25) is 9.10 Å². The van der Waals surface area contributed by atoms with E-state index in [1.807, 2.05) is 31.2 Å². The molecule has 3 aromatic rings. The summed E-state index contributed by atoms with van der Waals surface area (Å²) < 4.78 is 33.4. The Morgan fingerprint density at radius 2 is 1.68 bits per heavy atom. The van der Waals surface area contributed by atoms with Crippen molar-refractivity contribution < 1.29 is 22.7 Å². The van der Waals surface area contributed by atoms with Crippen molar-refractivity contribution in [2.45, 2.75) is 25.3 Å². The molecule has 0 aliphatic carbocycles. The second-order valence-electron chi connectivity index (χ2n) is 8.56. The number of sulfonamides is 1. The molecule has 0 fully saturated rings. The van der Waals surface area contributed by atoms with Gasteiger partial charge in [0.25, 0.3) is 10.0 Å². The normalized spacial score (nSPS) is 11.1. The zero-order valence-electron chi connectivity index (χ0n) is 21.5. The molecule has 3 rings (SSSR count). The van der Waals surface area contributed by atoms with Gasteiger partial charge in [-0.1, -0.05) is 47.5 Å². The third-order valence-electron chi connectivity index (χ3n) is 5.66. The second-order valence-corrected chi connectivity index (χ2v) is 10.8. The highest BCUT2D eigenvalue weighted by molar-refractivity contribution is 7.92. The van der Waals surface area contributed by atoms with E-state index in [-0.39, 0.29) is 11.4 Å². The Labute approximate surface area is 228 Å². The lowest BCUT2D eigenvalue weighted by Gasteiger charge is -2.26. The van der Waals surface area contributed by atoms with Crippen LogP contribution < -0.4 is 20.3 Å². The van der Waals surface area contributed by atoms with Crippen LogP contribution in [0.15, 0.2) is 71.6 Å². The number of hydrogen-bond donors (Lipinski definition) is 3. The first kappa shape index (κ1) is 29.0. The van der Waals surface area contributed by atoms with Crippen molar-refractivity contribution in [2.75, 3.05) is 36.4 Å². The van der Waals surface area contributed by atoms with E-state index in [0.717, 1.165) is 15.4 Å². The third-order valence-corrected chi connectivity index (χ3v) is 7.84. The van der Waals surface area contributed by atoms with Gasteiger partial charge < -0.3 is 20.7 Å². The largest absolute Gasteiger partial charge is 0.383 e. The number of amides is 3. The van der Waals surface area contributed by atoms with Crippen LogP contribution >= 0.6 is 11.6 Å². The van der Waals surface area contributed by atoms with Gasteiger partial charge in [-0.15, -0.1) is 0 Å². The minimum atomic E-state index is -4.17. The zero-order chi connectivity index (χ0) is 27.7. The Morgan fingerprint density at radius 3 is 2.37 bits per heavy atom. The van der Waals surface area contributed by atoms with E-state index < -0.39 is 28.5 Å². The summed E-state index contributed by atoms with van der Waals surface area (Å²) in [6.45, 7) is 4.15. The standard InChI is InChI=1S/C27H31ClN4O5S/c1-19-6-4-7-21(16-19)17-30-26(33)18-32(25-9-5-8-24(28)20(25)2)38(35,36)23-12-10-22(11-13-23)31-27(34)29-14-15-37-3/h4-13,16H,14-15,17-18H2,1-3H3,(H,30,33)(H2,29,31,34). The van der Waals surface area contributed by atoms with E-state index in [2.05, 4.69) is 16.0 Å². The molecule has 202 valence electrons. The smallest absolute Gasteiger partial charge is 0.319 e. The number of rotatable bonds is 11. The first-order valence-corrected chi connectivity index (χ1v) is 13.7. The molecule has 0 saturated heterocycles. The number of nitrogens with zero attached hydrogens (tertiary/aromatic N) is 1. The van der Waals surface area contributed by atoms with Crippen molar-refractivity contribution in [1.29, 1.82) is 0 Å². The molecule has 0 saturated carbocycles. The van der Waals surface area contributed by atoms with Gasteiger partial charge in [0.2, 0.25) is 5.91 Å². The predicted molar refractivity (Wildman–Crippen MR) is 149 cm³/mol. The summed E-state index contributed by atoms with van der Waals surface area (Å²) in [5, 5.41) is 8.42. The van der Waals surface area contributed by atoms with E-state index in [1.54, 1.807) is 25.1 Å². The summed E-state index contributed by atoms with van der Waals surface area (Å²) in [7, 11) is -2.64. The van der Waals surface area contributed by atoms with E-state index in [4.69, 9.17) is 16.3 Å². The average Bonchev–Trinajstić information content (AvgIpc) is 2.88. The van der Waals surface area contributed by atoms with Crippen LogP contribution in [0.5, 0.6) is 0 Å². The number of benzene rings is 3. The lowest BCUT2D eigenvalue weighted by Crippen LogP contribution is -2.41. The van der Waals surface area contributed by atoms with Gasteiger partial charge in [0.05, 0.1) is 17.2 Å². The quantitative estimate of drug-likeness (QED) is 0.304. The summed E-state index contributed by atoms with van der Waals surface area (Å²) in [5.74, 6) is -0.472. The molecule has 9 nitrogen and oxygen atoms in total. The molecular weight excluding hydrogens is 528 g/mol. The Morgan fingerprint density at radius 1 is 0.974 bits per heavy atom. The van der Waals surface area contributed by atoms with E-state index in [0.29, 0.717) is 35.1 Å². The monoisotopic (exact) mass is 558 g/mol. The van der Waals surface area contributed by atoms with Crippen molar-refractivity contribution in [3.8, 4) is 0 Å². The topological polar surface area (TPSA) is 117 Å². The highest BCUT2D eigenvalue weighted by Gasteiger charge is 2.29. The summed E-state index contributed by atoms with van der Waals surface area (Å²) in [5.41, 5.74) is 3.18. The molecule has 0 radical (unpaired) electrons. The van der Waals surface area contributed by atoms with Gasteiger partial charge in [-0.25, -0.2) is 13.2 Å². The molecule has 0 aliphatic rings. The minimum Gasteiger partial charge on any atom is -0.383 e. The summed E-state index contributed by atoms with van der Waals surface area (Å²) in [6, 6.07) is 17.8. The van der Waals surface area contributed by atoms with Crippen LogP contribution in [0.3, 0.4) is 0 Å². The van der Waals surface area contributed by atoms with Crippen LogP contribution in [0.2, 0.25) is 5.02 Å². The van der Waals surface area contributed by atoms with Gasteiger partial charge in [0, 0.05) is 30.9 Å². The highest BCUT2D eigenvalue weighted by atomic mass is 35.5. The fourth-order valence-electron chi connectivity index (χ4n) is 3.65. The van der Waals surface area contributed by atoms with Crippen LogP contribution in [0.1, 0.15) is 16.7 Å². The second kappa shape index (κ2) is 13.3. The summed E-state index contributed by atoms with van der Waals surface area (Å²) in [6.07, 6.45) is 0. The van der Waals surface area contributed by atoms with Crippen LogP contribution in [-0.4, -0.2) is 47.2 Å². The maximum Gasteiger partial charge on any atom is 0.319 e. The maximum atomic E-state index is 13.7. The highest BCUT2D eigenvalue weighted by Crippen LogP contribution is 2.31. The number of nitrogens with one attached hydrogen (secondary N) is 3. The number of halogens is 1. The average molecular weight is 559 g/mol. The fourth-order valence-corrected chi connectivity index (χ4v) is 5.30. The summed E-state index contributed by atoms with van der Waals surface area (Å²) >= 11 is 6.29. The molecule has 11 heteroatoms. The van der Waals surface area contributed by atoms with Gasteiger partial charge in [0.15, 0.2) is 0 Å². The maximum absolute atomic E-state index is 13.7. The molecule has 0 aromatic heterocycles. The Balaban J connectivity index is 1.82. The summed E-state index contributed by atoms with van der Waals surface area (Å²) in [4.78, 5) is 24.9. The molecule has 3 aromatic carbocycles. The molecule has 0 spiro atoms. The van der Waals surface area contributed by atoms with Crippen LogP contribution in [-0.2, 0) is 26.1 Å². The van der Waals surface area contributed by atoms with Crippen LogP contribution in [0.25, 0.3) is 0 Å². The molecule has 0 unspecified atom stereocenters. The minimum absolute atomic E-state index is 0.0475. The Bertz CT molecular complexity index is 1380. The Kier molecular flexibility index (Phi) is 10.1. The molecule has 38 heavy (non-hydrogen) atoms. The molecule has 3 N–H and O–H groups in total. The van der Waals surface area contributed by atoms with E-state index >= 15 is 0 Å². The lowest BCUT2D eigenvalue weighted by molar-refractivity contribution is -0.119. The number of ether oxygens (including phenoxy) is 1. The molecule has 0 atom stereocenters. The SMILES string of the molecule is COCCNC(=O)Nc1ccc(S(=O)(=O)N(CC(=O)NCc2cccc(C)c2)c2cccc(Cl)c2C)cc1. The van der Waals surface area contributed by atoms with Crippen LogP contribution in [0, 0.1) is 13.8 Å². The van der Waals surface area contributed by atoms with Crippen molar-refractivity contribution in [2.24, 2.45) is 0 Å². The number of anilines is 2. The molecular formula is C27H31ClN4O5S. The van der Waals surface area contributed by atoms with Crippen molar-refractivity contribution in [3.05, 3.63) is 88.4 Å². The first-order chi connectivity index (χ1) is 18.1. The zero-order valence-corrected chi connectivity index (χ0v) is 23.0. The molecule has 0 heterocycles. The predicted octanol–water partition coefficient (Wildman–Crippen LogP) is 4.24. The lowest BCUT2D eigenvalue weighted by atomic mass is 10.1. The molecule has 3 amide bonds. The first-order valence-electron chi connectivity index (χ1n) is 11.9. The molecule has 0 aliphatic heterocycles. The Hall–Kier alpha value is -3.60. The van der Waals surface area contributed by atoms with Crippen LogP contribution in [0.4, 0.5) is 16.2 Å².